The van der Waals surface area contributed by atoms with Crippen LogP contribution < -0.4 is 10.0 Å². The molecule has 0 bridgehead atoms. The summed E-state index contributed by atoms with van der Waals surface area (Å²) >= 11 is 1.27. The Labute approximate surface area is 162 Å². The Morgan fingerprint density at radius 1 is 1.11 bits per heavy atom. The van der Waals surface area contributed by atoms with Crippen LogP contribution in [-0.4, -0.2) is 25.4 Å². The largest absolute Gasteiger partial charge is 0.301 e. The van der Waals surface area contributed by atoms with E-state index in [1.54, 1.807) is 23.7 Å². The van der Waals surface area contributed by atoms with Gasteiger partial charge in [0.15, 0.2) is 5.13 Å². The average Bonchev–Trinajstić information content (AvgIpc) is 3.15. The van der Waals surface area contributed by atoms with E-state index in [0.717, 1.165) is 11.1 Å². The van der Waals surface area contributed by atoms with Crippen molar-refractivity contribution in [3.8, 4) is 0 Å². The van der Waals surface area contributed by atoms with Crippen LogP contribution in [0.3, 0.4) is 0 Å². The second-order valence-electron chi connectivity index (χ2n) is 6.00. The maximum Gasteiger partial charge on any atom is 0.244 e. The van der Waals surface area contributed by atoms with E-state index >= 15 is 0 Å². The van der Waals surface area contributed by atoms with Crippen molar-refractivity contribution >= 4 is 32.4 Å². The molecule has 0 aliphatic heterocycles. The van der Waals surface area contributed by atoms with Crippen molar-refractivity contribution in [3.05, 3.63) is 77.3 Å². The molecule has 0 aliphatic rings. The number of rotatable bonds is 7. The second-order valence-corrected chi connectivity index (χ2v) is 8.61. The molecule has 0 aliphatic carbocycles. The van der Waals surface area contributed by atoms with Gasteiger partial charge in [0.05, 0.1) is 4.90 Å². The fraction of sp³-hybridized carbons (Fsp3) is 0.158. The molecule has 140 valence electrons. The quantitative estimate of drug-likeness (QED) is 0.637. The molecule has 0 saturated heterocycles. The summed E-state index contributed by atoms with van der Waals surface area (Å²) in [5.41, 5.74) is 1.81. The Bertz CT molecular complexity index is 986. The molecule has 3 aromatic rings. The van der Waals surface area contributed by atoms with Gasteiger partial charge in [-0.05, 0) is 31.0 Å². The molecule has 1 aromatic heterocycles. The number of aryl methyl sites for hydroxylation is 1. The van der Waals surface area contributed by atoms with Crippen LogP contribution in [0.5, 0.6) is 0 Å². The Hall–Kier alpha value is -2.55. The van der Waals surface area contributed by atoms with E-state index in [4.69, 9.17) is 0 Å². The van der Waals surface area contributed by atoms with Gasteiger partial charge in [0.25, 0.3) is 0 Å². The number of sulfonamides is 1. The van der Waals surface area contributed by atoms with E-state index in [0.29, 0.717) is 5.13 Å². The molecule has 27 heavy (non-hydrogen) atoms. The van der Waals surface area contributed by atoms with E-state index < -0.39 is 22.0 Å². The van der Waals surface area contributed by atoms with Crippen molar-refractivity contribution in [2.45, 2.75) is 24.3 Å². The molecule has 0 unspecified atom stereocenters. The number of aromatic nitrogens is 1. The molecule has 0 saturated carbocycles. The molecule has 6 nitrogen and oxygen atoms in total. The van der Waals surface area contributed by atoms with E-state index in [9.17, 15) is 13.2 Å². The van der Waals surface area contributed by atoms with Crippen molar-refractivity contribution in [1.29, 1.82) is 0 Å². The third kappa shape index (κ3) is 5.22. The maximum absolute atomic E-state index is 12.7. The van der Waals surface area contributed by atoms with Crippen LogP contribution in [0, 0.1) is 6.92 Å². The molecular weight excluding hydrogens is 382 g/mol. The molecule has 3 rings (SSSR count). The predicted molar refractivity (Wildman–Crippen MR) is 106 cm³/mol. The van der Waals surface area contributed by atoms with E-state index in [-0.39, 0.29) is 11.3 Å². The number of carbonyl (C=O) groups excluding carboxylic acids is 1. The summed E-state index contributed by atoms with van der Waals surface area (Å²) in [5, 5.41) is 4.83. The number of hydrogen-bond donors (Lipinski definition) is 2. The first-order chi connectivity index (χ1) is 12.9. The second kappa shape index (κ2) is 8.43. The number of thiazole rings is 1. The summed E-state index contributed by atoms with van der Waals surface area (Å²) in [6, 6.07) is 14.8. The highest BCUT2D eigenvalue weighted by molar-refractivity contribution is 7.89. The molecule has 1 heterocycles. The van der Waals surface area contributed by atoms with Crippen molar-refractivity contribution in [2.75, 3.05) is 5.32 Å². The fourth-order valence-corrected chi connectivity index (χ4v) is 4.22. The average molecular weight is 402 g/mol. The van der Waals surface area contributed by atoms with Crippen LogP contribution in [0.25, 0.3) is 0 Å². The van der Waals surface area contributed by atoms with Gasteiger partial charge in [-0.15, -0.1) is 11.3 Å². The third-order valence-electron chi connectivity index (χ3n) is 3.89. The van der Waals surface area contributed by atoms with Gasteiger partial charge in [-0.25, -0.2) is 13.4 Å². The lowest BCUT2D eigenvalue weighted by molar-refractivity contribution is -0.117. The molecule has 1 amide bonds. The first-order valence-electron chi connectivity index (χ1n) is 8.27. The van der Waals surface area contributed by atoms with Crippen molar-refractivity contribution in [2.24, 2.45) is 0 Å². The van der Waals surface area contributed by atoms with Crippen LogP contribution in [0.1, 0.15) is 11.1 Å². The van der Waals surface area contributed by atoms with Crippen molar-refractivity contribution in [3.63, 3.8) is 0 Å². The van der Waals surface area contributed by atoms with Gasteiger partial charge in [0.2, 0.25) is 15.9 Å². The standard InChI is InChI=1S/C19H19N3O3S2/c1-14-7-9-16(10-8-14)27(24,25)22-17(13-15-5-3-2-4-6-15)18(23)21-19-20-11-12-26-19/h2-12,17,22H,13H2,1H3,(H,20,21,23)/t17-/m1/s1. The van der Waals surface area contributed by atoms with Gasteiger partial charge in [0, 0.05) is 11.6 Å². The summed E-state index contributed by atoms with van der Waals surface area (Å²) in [7, 11) is -3.85. The summed E-state index contributed by atoms with van der Waals surface area (Å²) in [6.45, 7) is 1.88. The molecule has 1 atom stereocenters. The Morgan fingerprint density at radius 2 is 1.81 bits per heavy atom. The molecule has 2 aromatic carbocycles. The van der Waals surface area contributed by atoms with E-state index in [1.807, 2.05) is 37.3 Å². The van der Waals surface area contributed by atoms with Crippen LogP contribution in [0.15, 0.2) is 71.1 Å². The first kappa shape index (κ1) is 19.2. The summed E-state index contributed by atoms with van der Waals surface area (Å²) in [6.07, 6.45) is 1.80. The number of nitrogens with one attached hydrogen (secondary N) is 2. The summed E-state index contributed by atoms with van der Waals surface area (Å²) in [5.74, 6) is -0.454. The van der Waals surface area contributed by atoms with E-state index in [2.05, 4.69) is 15.0 Å². The molecule has 0 spiro atoms. The van der Waals surface area contributed by atoms with Gasteiger partial charge in [-0.2, -0.15) is 4.72 Å². The smallest absolute Gasteiger partial charge is 0.244 e. The topological polar surface area (TPSA) is 88.2 Å². The highest BCUT2D eigenvalue weighted by Crippen LogP contribution is 2.15. The number of carbonyl (C=O) groups is 1. The van der Waals surface area contributed by atoms with Crippen LogP contribution >= 0.6 is 11.3 Å². The Kier molecular flexibility index (Phi) is 6.00. The highest BCUT2D eigenvalue weighted by Gasteiger charge is 2.26. The maximum atomic E-state index is 12.7. The van der Waals surface area contributed by atoms with Gasteiger partial charge in [-0.3, -0.25) is 4.79 Å². The van der Waals surface area contributed by atoms with E-state index in [1.165, 1.54) is 23.5 Å². The van der Waals surface area contributed by atoms with Gasteiger partial charge >= 0.3 is 0 Å². The number of benzene rings is 2. The normalized spacial score (nSPS) is 12.5. The summed E-state index contributed by atoms with van der Waals surface area (Å²) < 4.78 is 28.0. The third-order valence-corrected chi connectivity index (χ3v) is 6.07. The van der Waals surface area contributed by atoms with Gasteiger partial charge in [-0.1, -0.05) is 48.0 Å². The number of anilines is 1. The van der Waals surface area contributed by atoms with Crippen LogP contribution in [-0.2, 0) is 21.2 Å². The van der Waals surface area contributed by atoms with Crippen LogP contribution in [0.4, 0.5) is 5.13 Å². The minimum absolute atomic E-state index is 0.119. The minimum Gasteiger partial charge on any atom is -0.301 e. The number of nitrogens with zero attached hydrogens (tertiary/aromatic N) is 1. The molecule has 0 fully saturated rings. The van der Waals surface area contributed by atoms with Gasteiger partial charge in [0.1, 0.15) is 6.04 Å². The Balaban J connectivity index is 1.84. The zero-order valence-electron chi connectivity index (χ0n) is 14.6. The fourth-order valence-electron chi connectivity index (χ4n) is 2.49. The monoisotopic (exact) mass is 401 g/mol. The molecule has 2 N–H and O–H groups in total. The van der Waals surface area contributed by atoms with Crippen molar-refractivity contribution < 1.29 is 13.2 Å². The SMILES string of the molecule is Cc1ccc(S(=O)(=O)N[C@H](Cc2ccccc2)C(=O)Nc2nccs2)cc1. The zero-order chi connectivity index (χ0) is 19.3. The predicted octanol–water partition coefficient (Wildman–Crippen LogP) is 2.98. The lowest BCUT2D eigenvalue weighted by atomic mass is 10.1. The molecular formula is C19H19N3O3S2. The van der Waals surface area contributed by atoms with Gasteiger partial charge < -0.3 is 5.32 Å². The lowest BCUT2D eigenvalue weighted by Crippen LogP contribution is -2.45. The Morgan fingerprint density at radius 3 is 2.44 bits per heavy atom. The van der Waals surface area contributed by atoms with Crippen LogP contribution in [0.2, 0.25) is 0 Å². The highest BCUT2D eigenvalue weighted by atomic mass is 32.2. The van der Waals surface area contributed by atoms with Crippen molar-refractivity contribution in [1.82, 2.24) is 9.71 Å². The molecule has 0 radical (unpaired) electrons. The molecule has 8 heteroatoms. The lowest BCUT2D eigenvalue weighted by Gasteiger charge is -2.18. The number of amides is 1. The number of hydrogen-bond acceptors (Lipinski definition) is 5. The first-order valence-corrected chi connectivity index (χ1v) is 10.6. The minimum atomic E-state index is -3.85. The summed E-state index contributed by atoms with van der Waals surface area (Å²) in [4.78, 5) is 16.8. The zero-order valence-corrected chi connectivity index (χ0v) is 16.3.